The van der Waals surface area contributed by atoms with Crippen LogP contribution in [-0.4, -0.2) is 24.6 Å². The van der Waals surface area contributed by atoms with Crippen molar-refractivity contribution in [2.45, 2.75) is 38.6 Å². The molecule has 0 aromatic heterocycles. The van der Waals surface area contributed by atoms with Gasteiger partial charge in [0.15, 0.2) is 0 Å². The summed E-state index contributed by atoms with van der Waals surface area (Å²) in [5, 5.41) is 3.62. The van der Waals surface area contributed by atoms with E-state index in [0.29, 0.717) is 0 Å². The van der Waals surface area contributed by atoms with Crippen molar-refractivity contribution in [1.29, 1.82) is 0 Å². The quantitative estimate of drug-likeness (QED) is 0.679. The molecule has 1 saturated carbocycles. The summed E-state index contributed by atoms with van der Waals surface area (Å²) in [4.78, 5) is 0. The van der Waals surface area contributed by atoms with E-state index in [1.807, 2.05) is 11.8 Å². The second-order valence-corrected chi connectivity index (χ2v) is 4.89. The second kappa shape index (κ2) is 5.87. The van der Waals surface area contributed by atoms with Gasteiger partial charge in [0, 0.05) is 18.3 Å². The van der Waals surface area contributed by atoms with Gasteiger partial charge in [-0.25, -0.2) is 0 Å². The minimum atomic E-state index is 0.827. The molecule has 0 amide bonds. The van der Waals surface area contributed by atoms with Crippen LogP contribution in [0.25, 0.3) is 0 Å². The monoisotopic (exact) mass is 187 g/mol. The summed E-state index contributed by atoms with van der Waals surface area (Å²) in [5.74, 6) is 2.23. The lowest BCUT2D eigenvalue weighted by atomic mass is 9.87. The van der Waals surface area contributed by atoms with Crippen LogP contribution in [0.5, 0.6) is 0 Å². The first-order valence-electron chi connectivity index (χ1n) is 5.05. The molecule has 0 unspecified atom stereocenters. The third kappa shape index (κ3) is 3.81. The highest BCUT2D eigenvalue weighted by molar-refractivity contribution is 7.98. The van der Waals surface area contributed by atoms with Gasteiger partial charge in [-0.15, -0.1) is 0 Å². The molecule has 0 aromatic carbocycles. The van der Waals surface area contributed by atoms with Crippen molar-refractivity contribution in [3.63, 3.8) is 0 Å². The maximum absolute atomic E-state index is 3.62. The minimum Gasteiger partial charge on any atom is -0.313 e. The Hall–Kier alpha value is 0.310. The molecule has 1 nitrogen and oxygen atoms in total. The summed E-state index contributed by atoms with van der Waals surface area (Å²) in [7, 11) is 0. The fourth-order valence-corrected chi connectivity index (χ4v) is 2.15. The summed E-state index contributed by atoms with van der Waals surface area (Å²) < 4.78 is 0. The predicted molar refractivity (Wildman–Crippen MR) is 57.8 cm³/mol. The Bertz CT molecular complexity index is 108. The zero-order chi connectivity index (χ0) is 8.81. The molecule has 1 fully saturated rings. The third-order valence-corrected chi connectivity index (χ3v) is 3.37. The Balaban J connectivity index is 2.01. The van der Waals surface area contributed by atoms with Gasteiger partial charge in [-0.3, -0.25) is 0 Å². The molecule has 1 N–H and O–H groups in total. The van der Waals surface area contributed by atoms with Crippen LogP contribution in [-0.2, 0) is 0 Å². The van der Waals surface area contributed by atoms with Gasteiger partial charge < -0.3 is 5.32 Å². The smallest absolute Gasteiger partial charge is 0.00675 e. The van der Waals surface area contributed by atoms with Crippen LogP contribution in [0.4, 0.5) is 0 Å². The molecule has 12 heavy (non-hydrogen) atoms. The van der Waals surface area contributed by atoms with Crippen molar-refractivity contribution < 1.29 is 0 Å². The van der Waals surface area contributed by atoms with Crippen LogP contribution in [0.1, 0.15) is 32.6 Å². The van der Waals surface area contributed by atoms with Gasteiger partial charge >= 0.3 is 0 Å². The normalized spacial score (nSPS) is 30.5. The van der Waals surface area contributed by atoms with Crippen molar-refractivity contribution in [1.82, 2.24) is 5.32 Å². The Morgan fingerprint density at radius 2 is 1.92 bits per heavy atom. The van der Waals surface area contributed by atoms with Crippen molar-refractivity contribution in [3.8, 4) is 0 Å². The van der Waals surface area contributed by atoms with E-state index in [1.165, 1.54) is 38.0 Å². The number of rotatable bonds is 4. The molecule has 1 aliphatic rings. The highest BCUT2D eigenvalue weighted by Crippen LogP contribution is 2.23. The van der Waals surface area contributed by atoms with E-state index >= 15 is 0 Å². The van der Waals surface area contributed by atoms with Crippen LogP contribution in [0.3, 0.4) is 0 Å². The van der Waals surface area contributed by atoms with E-state index < -0.39 is 0 Å². The Morgan fingerprint density at radius 3 is 2.50 bits per heavy atom. The van der Waals surface area contributed by atoms with Crippen LogP contribution >= 0.6 is 11.8 Å². The lowest BCUT2D eigenvalue weighted by molar-refractivity contribution is 0.312. The number of hydrogen-bond acceptors (Lipinski definition) is 2. The van der Waals surface area contributed by atoms with Crippen LogP contribution < -0.4 is 5.32 Å². The van der Waals surface area contributed by atoms with E-state index in [0.717, 1.165) is 12.0 Å². The van der Waals surface area contributed by atoms with Gasteiger partial charge in [-0.1, -0.05) is 6.92 Å². The predicted octanol–water partition coefficient (Wildman–Crippen LogP) is 2.52. The Labute approximate surface area is 80.7 Å². The SMILES string of the molecule is CSCCNC1CCC(C)CC1. The maximum atomic E-state index is 3.62. The van der Waals surface area contributed by atoms with E-state index in [9.17, 15) is 0 Å². The lowest BCUT2D eigenvalue weighted by Crippen LogP contribution is -2.34. The van der Waals surface area contributed by atoms with Crippen LogP contribution in [0.15, 0.2) is 0 Å². The molecule has 2 heteroatoms. The maximum Gasteiger partial charge on any atom is 0.00675 e. The zero-order valence-corrected chi connectivity index (χ0v) is 9.12. The highest BCUT2D eigenvalue weighted by atomic mass is 32.2. The molecule has 0 spiro atoms. The molecule has 0 bridgehead atoms. The first-order valence-corrected chi connectivity index (χ1v) is 6.44. The molecule has 0 aliphatic heterocycles. The average molecular weight is 187 g/mol. The zero-order valence-electron chi connectivity index (χ0n) is 8.31. The number of nitrogens with one attached hydrogen (secondary N) is 1. The largest absolute Gasteiger partial charge is 0.313 e. The molecule has 0 radical (unpaired) electrons. The van der Waals surface area contributed by atoms with E-state index in [1.54, 1.807) is 0 Å². The number of thioether (sulfide) groups is 1. The van der Waals surface area contributed by atoms with Crippen LogP contribution in [0, 0.1) is 5.92 Å². The van der Waals surface area contributed by atoms with Crippen molar-refractivity contribution in [2.75, 3.05) is 18.6 Å². The molecule has 0 heterocycles. The Kier molecular flexibility index (Phi) is 5.08. The van der Waals surface area contributed by atoms with Crippen molar-refractivity contribution in [3.05, 3.63) is 0 Å². The first kappa shape index (κ1) is 10.4. The van der Waals surface area contributed by atoms with Gasteiger partial charge in [0.25, 0.3) is 0 Å². The molecule has 1 aliphatic carbocycles. The molecule has 0 atom stereocenters. The van der Waals surface area contributed by atoms with Crippen LogP contribution in [0.2, 0.25) is 0 Å². The minimum absolute atomic E-state index is 0.827. The molecule has 72 valence electrons. The van der Waals surface area contributed by atoms with Crippen molar-refractivity contribution >= 4 is 11.8 Å². The second-order valence-electron chi connectivity index (χ2n) is 3.90. The molecular formula is C10H21NS. The standard InChI is InChI=1S/C10H21NS/c1-9-3-5-10(6-4-9)11-7-8-12-2/h9-11H,3-8H2,1-2H3. The molecular weight excluding hydrogens is 166 g/mol. The van der Waals surface area contributed by atoms with Gasteiger partial charge in [-0.2, -0.15) is 11.8 Å². The fraction of sp³-hybridized carbons (Fsp3) is 1.00. The molecule has 1 rings (SSSR count). The average Bonchev–Trinajstić information content (AvgIpc) is 2.09. The van der Waals surface area contributed by atoms with Gasteiger partial charge in [-0.05, 0) is 37.9 Å². The summed E-state index contributed by atoms with van der Waals surface area (Å²) in [6, 6.07) is 0.827. The summed E-state index contributed by atoms with van der Waals surface area (Å²) >= 11 is 1.93. The molecule has 0 aromatic rings. The topological polar surface area (TPSA) is 12.0 Å². The fourth-order valence-electron chi connectivity index (χ4n) is 1.83. The van der Waals surface area contributed by atoms with E-state index in [4.69, 9.17) is 0 Å². The van der Waals surface area contributed by atoms with Crippen molar-refractivity contribution in [2.24, 2.45) is 5.92 Å². The third-order valence-electron chi connectivity index (χ3n) is 2.76. The Morgan fingerprint density at radius 1 is 1.25 bits per heavy atom. The highest BCUT2D eigenvalue weighted by Gasteiger charge is 2.16. The van der Waals surface area contributed by atoms with Gasteiger partial charge in [0.05, 0.1) is 0 Å². The first-order chi connectivity index (χ1) is 5.83. The molecule has 0 saturated heterocycles. The summed E-state index contributed by atoms with van der Waals surface area (Å²) in [6.07, 6.45) is 7.82. The summed E-state index contributed by atoms with van der Waals surface area (Å²) in [5.41, 5.74) is 0. The van der Waals surface area contributed by atoms with Gasteiger partial charge in [0.2, 0.25) is 0 Å². The van der Waals surface area contributed by atoms with E-state index in [-0.39, 0.29) is 0 Å². The summed E-state index contributed by atoms with van der Waals surface area (Å²) in [6.45, 7) is 3.57. The lowest BCUT2D eigenvalue weighted by Gasteiger charge is -2.26. The van der Waals surface area contributed by atoms with E-state index in [2.05, 4.69) is 18.5 Å². The van der Waals surface area contributed by atoms with Gasteiger partial charge in [0.1, 0.15) is 0 Å². The number of hydrogen-bond donors (Lipinski definition) is 1.